The molecule has 0 spiro atoms. The van der Waals surface area contributed by atoms with Crippen LogP contribution in [0.3, 0.4) is 0 Å². The fourth-order valence-corrected chi connectivity index (χ4v) is 3.64. The first-order valence-corrected chi connectivity index (χ1v) is 9.30. The lowest BCUT2D eigenvalue weighted by molar-refractivity contribution is 0.768. The maximum absolute atomic E-state index is 13.0. The van der Waals surface area contributed by atoms with Gasteiger partial charge in [-0.2, -0.15) is 10.2 Å². The molecular weight excluding hydrogens is 366 g/mol. The Bertz CT molecular complexity index is 1400. The lowest BCUT2D eigenvalue weighted by Crippen LogP contribution is -2.16. The van der Waals surface area contributed by atoms with Crippen molar-refractivity contribution in [2.75, 3.05) is 5.32 Å². The number of hydrogen-bond donors (Lipinski definition) is 2. The first-order valence-electron chi connectivity index (χ1n) is 9.30. The van der Waals surface area contributed by atoms with Gasteiger partial charge in [0, 0.05) is 36.9 Å². The zero-order chi connectivity index (χ0) is 20.0. The number of pyridine rings is 1. The average molecular weight is 385 g/mol. The molecule has 1 atom stereocenters. The van der Waals surface area contributed by atoms with E-state index in [-0.39, 0.29) is 11.6 Å². The number of aryl methyl sites for hydroxylation is 1. The predicted molar refractivity (Wildman–Crippen MR) is 112 cm³/mol. The molecule has 4 heterocycles. The van der Waals surface area contributed by atoms with Gasteiger partial charge in [0.15, 0.2) is 5.65 Å². The van der Waals surface area contributed by atoms with E-state index in [1.807, 2.05) is 50.5 Å². The number of nitrogens with one attached hydrogen (secondary N) is 2. The molecule has 0 saturated carbocycles. The van der Waals surface area contributed by atoms with Crippen molar-refractivity contribution < 1.29 is 0 Å². The van der Waals surface area contributed by atoms with Crippen molar-refractivity contribution in [1.29, 1.82) is 0 Å². The number of rotatable bonds is 4. The van der Waals surface area contributed by atoms with Gasteiger partial charge in [-0.15, -0.1) is 0 Å². The van der Waals surface area contributed by atoms with Gasteiger partial charge in [0.05, 0.1) is 29.5 Å². The van der Waals surface area contributed by atoms with Crippen molar-refractivity contribution in [3.8, 4) is 11.1 Å². The van der Waals surface area contributed by atoms with Crippen LogP contribution < -0.4 is 10.9 Å². The van der Waals surface area contributed by atoms with Gasteiger partial charge in [0.25, 0.3) is 5.56 Å². The van der Waals surface area contributed by atoms with Gasteiger partial charge in [0.2, 0.25) is 0 Å². The molecule has 29 heavy (non-hydrogen) atoms. The van der Waals surface area contributed by atoms with Crippen LogP contribution in [0.25, 0.3) is 27.5 Å². The van der Waals surface area contributed by atoms with Crippen LogP contribution in [-0.2, 0) is 7.05 Å². The van der Waals surface area contributed by atoms with Crippen molar-refractivity contribution in [3.63, 3.8) is 0 Å². The Hall–Kier alpha value is -3.94. The Morgan fingerprint density at radius 3 is 2.90 bits per heavy atom. The van der Waals surface area contributed by atoms with Crippen LogP contribution in [-0.4, -0.2) is 29.4 Å². The fraction of sp³-hybridized carbons (Fsp3) is 0.143. The minimum absolute atomic E-state index is 0.119. The van der Waals surface area contributed by atoms with Gasteiger partial charge in [-0.25, -0.2) is 9.50 Å². The molecule has 4 aromatic heterocycles. The minimum Gasteiger partial charge on any atom is -0.374 e. The summed E-state index contributed by atoms with van der Waals surface area (Å²) in [6.07, 6.45) is 8.89. The molecule has 0 radical (unpaired) electrons. The summed E-state index contributed by atoms with van der Waals surface area (Å²) in [5.41, 5.74) is 4.06. The van der Waals surface area contributed by atoms with Gasteiger partial charge in [-0.05, 0) is 30.0 Å². The van der Waals surface area contributed by atoms with Crippen molar-refractivity contribution in [2.24, 2.45) is 7.05 Å². The molecule has 8 heteroatoms. The third kappa shape index (κ3) is 2.94. The Kier molecular flexibility index (Phi) is 3.90. The highest BCUT2D eigenvalue weighted by molar-refractivity contribution is 5.96. The molecule has 2 N–H and O–H groups in total. The maximum Gasteiger partial charge on any atom is 0.256 e. The number of hydrogen-bond acceptors (Lipinski definition) is 5. The summed E-state index contributed by atoms with van der Waals surface area (Å²) < 4.78 is 3.44. The number of aromatic nitrogens is 6. The lowest BCUT2D eigenvalue weighted by Gasteiger charge is -2.16. The highest BCUT2D eigenvalue weighted by Crippen LogP contribution is 2.28. The molecule has 1 aromatic carbocycles. The summed E-state index contributed by atoms with van der Waals surface area (Å²) in [6, 6.07) is 9.62. The van der Waals surface area contributed by atoms with E-state index in [0.29, 0.717) is 5.39 Å². The molecule has 0 aliphatic heterocycles. The second kappa shape index (κ2) is 6.59. The molecule has 0 bridgehead atoms. The number of nitrogens with zero attached hydrogens (tertiary/aromatic N) is 5. The average Bonchev–Trinajstić information content (AvgIpc) is 3.37. The van der Waals surface area contributed by atoms with Crippen LogP contribution in [0.4, 0.5) is 5.69 Å². The van der Waals surface area contributed by atoms with Crippen LogP contribution in [0.15, 0.2) is 66.1 Å². The molecule has 0 aliphatic carbocycles. The number of H-pyrrole nitrogens is 1. The van der Waals surface area contributed by atoms with E-state index >= 15 is 0 Å². The zero-order valence-electron chi connectivity index (χ0n) is 16.0. The molecular formula is C21H19N7O. The van der Waals surface area contributed by atoms with E-state index < -0.39 is 0 Å². The van der Waals surface area contributed by atoms with Crippen LogP contribution in [0.5, 0.6) is 0 Å². The molecule has 144 valence electrons. The van der Waals surface area contributed by atoms with Gasteiger partial charge < -0.3 is 10.3 Å². The smallest absolute Gasteiger partial charge is 0.256 e. The normalized spacial score (nSPS) is 12.5. The summed E-state index contributed by atoms with van der Waals surface area (Å²) in [6.45, 7) is 2.00. The van der Waals surface area contributed by atoms with E-state index in [0.717, 1.165) is 33.5 Å². The molecule has 0 fully saturated rings. The highest BCUT2D eigenvalue weighted by Gasteiger charge is 2.14. The van der Waals surface area contributed by atoms with Crippen molar-refractivity contribution >= 4 is 22.1 Å². The van der Waals surface area contributed by atoms with Gasteiger partial charge in [-0.3, -0.25) is 9.48 Å². The zero-order valence-corrected chi connectivity index (χ0v) is 16.0. The van der Waals surface area contributed by atoms with Crippen molar-refractivity contribution in [1.82, 2.24) is 29.4 Å². The fourth-order valence-electron chi connectivity index (χ4n) is 3.64. The largest absolute Gasteiger partial charge is 0.374 e. The van der Waals surface area contributed by atoms with Gasteiger partial charge >= 0.3 is 0 Å². The number of imidazole rings is 1. The number of fused-ring (bicyclic) bond motifs is 2. The number of benzene rings is 1. The molecule has 5 rings (SSSR count). The molecule has 0 aliphatic rings. The quantitative estimate of drug-likeness (QED) is 0.496. The standard InChI is InChI=1S/C21H19N7O/c1-13(25-17-6-7-23-28-9-8-22-20(17)28)18-10-14-4-3-5-16(19(14)21(29)26-18)15-11-24-27(2)12-15/h3-13,25H,1-2H3,(H,26,29)/t13-/m0/s1. The monoisotopic (exact) mass is 385 g/mol. The summed E-state index contributed by atoms with van der Waals surface area (Å²) in [7, 11) is 1.86. The molecule has 0 saturated heterocycles. The predicted octanol–water partition coefficient (Wildman–Crippen LogP) is 3.14. The SMILES string of the molecule is C[C@H](Nc1ccnn2ccnc12)c1cc2cccc(-c3cnn(C)c3)c2c(=O)[nH]1. The van der Waals surface area contributed by atoms with Crippen molar-refractivity contribution in [3.05, 3.63) is 77.4 Å². The van der Waals surface area contributed by atoms with E-state index in [1.165, 1.54) is 0 Å². The number of aromatic amines is 1. The molecule has 8 nitrogen and oxygen atoms in total. The summed E-state index contributed by atoms with van der Waals surface area (Å²) in [5, 5.41) is 13.4. The summed E-state index contributed by atoms with van der Waals surface area (Å²) in [5.74, 6) is 0. The minimum atomic E-state index is -0.128. The summed E-state index contributed by atoms with van der Waals surface area (Å²) >= 11 is 0. The topological polar surface area (TPSA) is 92.9 Å². The Labute approximate surface area is 165 Å². The Morgan fingerprint density at radius 2 is 2.07 bits per heavy atom. The molecule has 0 unspecified atom stereocenters. The van der Waals surface area contributed by atoms with E-state index in [4.69, 9.17) is 0 Å². The second-order valence-corrected chi connectivity index (χ2v) is 7.03. The van der Waals surface area contributed by atoms with Crippen LogP contribution >= 0.6 is 0 Å². The van der Waals surface area contributed by atoms with Crippen LogP contribution in [0.2, 0.25) is 0 Å². The highest BCUT2D eigenvalue weighted by atomic mass is 16.1. The van der Waals surface area contributed by atoms with Crippen molar-refractivity contribution in [2.45, 2.75) is 13.0 Å². The third-order valence-electron chi connectivity index (χ3n) is 5.04. The Morgan fingerprint density at radius 1 is 1.17 bits per heavy atom. The van der Waals surface area contributed by atoms with Crippen LogP contribution in [0, 0.1) is 0 Å². The molecule has 0 amide bonds. The second-order valence-electron chi connectivity index (χ2n) is 7.03. The number of anilines is 1. The summed E-state index contributed by atoms with van der Waals surface area (Å²) in [4.78, 5) is 20.4. The Balaban J connectivity index is 1.56. The molecule has 5 aromatic rings. The first-order chi connectivity index (χ1) is 14.1. The van der Waals surface area contributed by atoms with E-state index in [1.54, 1.807) is 34.0 Å². The van der Waals surface area contributed by atoms with E-state index in [9.17, 15) is 4.79 Å². The third-order valence-corrected chi connectivity index (χ3v) is 5.04. The van der Waals surface area contributed by atoms with Gasteiger partial charge in [-0.1, -0.05) is 18.2 Å². The van der Waals surface area contributed by atoms with Gasteiger partial charge in [0.1, 0.15) is 0 Å². The lowest BCUT2D eigenvalue weighted by atomic mass is 10.0. The van der Waals surface area contributed by atoms with E-state index in [2.05, 4.69) is 25.5 Å². The first kappa shape index (κ1) is 17.2. The maximum atomic E-state index is 13.0. The van der Waals surface area contributed by atoms with Crippen LogP contribution in [0.1, 0.15) is 18.7 Å².